The van der Waals surface area contributed by atoms with E-state index in [1.807, 2.05) is 30.3 Å². The third kappa shape index (κ3) is 4.09. The number of nitrogens with zero attached hydrogens (tertiary/aromatic N) is 2. The number of ketones is 2. The van der Waals surface area contributed by atoms with Crippen LogP contribution in [-0.4, -0.2) is 33.5 Å². The third-order valence-corrected chi connectivity index (χ3v) is 9.77. The maximum atomic E-state index is 14.2. The Labute approximate surface area is 262 Å². The van der Waals surface area contributed by atoms with E-state index in [1.165, 1.54) is 17.0 Å². The van der Waals surface area contributed by atoms with E-state index in [-0.39, 0.29) is 42.0 Å². The molecule has 2 heterocycles. The Morgan fingerprint density at radius 2 is 1.73 bits per heavy atom. The van der Waals surface area contributed by atoms with Crippen molar-refractivity contribution in [2.45, 2.75) is 25.7 Å². The fourth-order valence-electron chi connectivity index (χ4n) is 7.48. The van der Waals surface area contributed by atoms with Gasteiger partial charge in [0.2, 0.25) is 17.7 Å². The van der Waals surface area contributed by atoms with Crippen molar-refractivity contribution in [1.29, 1.82) is 0 Å². The number of oxazole rings is 1. The number of allylic oxidation sites excluding steroid dienone is 6. The zero-order valence-electron chi connectivity index (χ0n) is 24.0. The van der Waals surface area contributed by atoms with E-state index in [0.29, 0.717) is 50.0 Å². The summed E-state index contributed by atoms with van der Waals surface area (Å²) in [4.78, 5) is 60.7. The molecule has 4 aromatic rings. The van der Waals surface area contributed by atoms with Gasteiger partial charge in [0, 0.05) is 38.8 Å². The molecule has 8 nitrogen and oxygen atoms in total. The quantitative estimate of drug-likeness (QED) is 0.159. The zero-order valence-corrected chi connectivity index (χ0v) is 24.7. The number of phenolic OH excluding ortho intramolecular Hbond substituents is 1. The first-order chi connectivity index (χ1) is 21.7. The number of carbonyl (C=O) groups is 4. The number of carbonyl (C=O) groups excluding carboxylic acids is 4. The molecule has 9 heteroatoms. The Hall–Kier alpha value is -5.08. The molecule has 45 heavy (non-hydrogen) atoms. The Balaban J connectivity index is 1.17. The SMILES string of the molecule is CC1=CC(=O)C2=C(C1=O)[C@@H](c1cc(Cl)ccc1O)C1=CC[C@@H]3C(=O)N(c4ccc(-c5nc6ccccc6o5)cc4)C(=O)[C@@H]3[C@@H]1C2. The van der Waals surface area contributed by atoms with Gasteiger partial charge in [0.15, 0.2) is 17.1 Å². The van der Waals surface area contributed by atoms with Crippen LogP contribution in [0.15, 0.2) is 106 Å². The molecule has 4 atom stereocenters. The van der Waals surface area contributed by atoms with Gasteiger partial charge in [-0.05, 0) is 86.4 Å². The molecule has 0 saturated carbocycles. The van der Waals surface area contributed by atoms with Gasteiger partial charge in [0.25, 0.3) is 0 Å². The third-order valence-electron chi connectivity index (χ3n) is 9.53. The van der Waals surface area contributed by atoms with Gasteiger partial charge >= 0.3 is 0 Å². The lowest BCUT2D eigenvalue weighted by atomic mass is 9.59. The summed E-state index contributed by atoms with van der Waals surface area (Å²) in [7, 11) is 0. The second-order valence-electron chi connectivity index (χ2n) is 12.0. The summed E-state index contributed by atoms with van der Waals surface area (Å²) in [6, 6.07) is 19.0. The van der Waals surface area contributed by atoms with Crippen LogP contribution < -0.4 is 4.90 Å². The molecule has 222 valence electrons. The van der Waals surface area contributed by atoms with Crippen LogP contribution in [0.4, 0.5) is 5.69 Å². The second kappa shape index (κ2) is 9.97. The van der Waals surface area contributed by atoms with Gasteiger partial charge in [0.1, 0.15) is 11.3 Å². The number of phenols is 1. The molecule has 1 aliphatic heterocycles. The van der Waals surface area contributed by atoms with Crippen LogP contribution in [0.3, 0.4) is 0 Å². The summed E-state index contributed by atoms with van der Waals surface area (Å²) in [5, 5.41) is 11.3. The molecule has 8 rings (SSSR count). The summed E-state index contributed by atoms with van der Waals surface area (Å²) in [6.07, 6.45) is 3.68. The van der Waals surface area contributed by atoms with E-state index in [4.69, 9.17) is 16.0 Å². The van der Waals surface area contributed by atoms with Crippen molar-refractivity contribution in [2.24, 2.45) is 17.8 Å². The largest absolute Gasteiger partial charge is 0.508 e. The molecule has 0 unspecified atom stereocenters. The predicted octanol–water partition coefficient (Wildman–Crippen LogP) is 6.49. The highest BCUT2D eigenvalue weighted by Crippen LogP contribution is 2.56. The average molecular weight is 617 g/mol. The Bertz CT molecular complexity index is 2070. The van der Waals surface area contributed by atoms with Gasteiger partial charge in [-0.15, -0.1) is 0 Å². The lowest BCUT2D eigenvalue weighted by Crippen LogP contribution is -2.39. The number of aromatic hydroxyl groups is 1. The fraction of sp³-hybridized carbons (Fsp3) is 0.194. The van der Waals surface area contributed by atoms with E-state index >= 15 is 0 Å². The minimum Gasteiger partial charge on any atom is -0.508 e. The number of anilines is 1. The van der Waals surface area contributed by atoms with Crippen molar-refractivity contribution >= 4 is 51.8 Å². The summed E-state index contributed by atoms with van der Waals surface area (Å²) in [6.45, 7) is 1.60. The van der Waals surface area contributed by atoms with Crippen molar-refractivity contribution in [3.05, 3.63) is 112 Å². The first-order valence-electron chi connectivity index (χ1n) is 14.7. The van der Waals surface area contributed by atoms with E-state index in [2.05, 4.69) is 4.98 Å². The maximum absolute atomic E-state index is 14.2. The van der Waals surface area contributed by atoms with Crippen LogP contribution in [-0.2, 0) is 19.2 Å². The topological polar surface area (TPSA) is 118 Å². The van der Waals surface area contributed by atoms with Crippen LogP contribution in [0.1, 0.15) is 31.2 Å². The minimum absolute atomic E-state index is 0.0677. The van der Waals surface area contributed by atoms with Gasteiger partial charge in [-0.2, -0.15) is 0 Å². The summed E-state index contributed by atoms with van der Waals surface area (Å²) in [5.74, 6) is -3.51. The smallest absolute Gasteiger partial charge is 0.238 e. The number of Topliss-reactive ketones (excluding diaryl/α,β-unsaturated/α-hetero) is 1. The zero-order chi connectivity index (χ0) is 31.1. The number of para-hydroxylation sites is 2. The van der Waals surface area contributed by atoms with Crippen molar-refractivity contribution in [3.8, 4) is 17.2 Å². The van der Waals surface area contributed by atoms with E-state index < -0.39 is 23.7 Å². The normalized spacial score (nSPS) is 24.4. The van der Waals surface area contributed by atoms with Crippen molar-refractivity contribution in [3.63, 3.8) is 0 Å². The number of benzene rings is 3. The molecule has 1 saturated heterocycles. The molecular weight excluding hydrogens is 592 g/mol. The molecule has 0 spiro atoms. The highest BCUT2D eigenvalue weighted by molar-refractivity contribution is 6.30. The number of imide groups is 1. The maximum Gasteiger partial charge on any atom is 0.238 e. The van der Waals surface area contributed by atoms with E-state index in [9.17, 15) is 24.3 Å². The van der Waals surface area contributed by atoms with Crippen molar-refractivity contribution < 1.29 is 28.7 Å². The van der Waals surface area contributed by atoms with Gasteiger partial charge in [-0.3, -0.25) is 24.1 Å². The molecule has 1 fully saturated rings. The number of hydrogen-bond acceptors (Lipinski definition) is 7. The molecule has 0 bridgehead atoms. The standard InChI is InChI=1S/C36H25ClN2O6/c1-17-14-28(41)25-16-23-21(30(32(25)33(17)42)24-15-19(37)8-13-27(24)40)11-12-22-31(23)36(44)39(35(22)43)20-9-6-18(7-10-20)34-38-26-4-2-3-5-29(26)45-34/h2-11,13-15,22-23,30-31,40H,12,16H2,1H3/t22-,23+,30+,31-/m0/s1. The van der Waals surface area contributed by atoms with Crippen LogP contribution in [0.25, 0.3) is 22.6 Å². The molecule has 1 N–H and O–H groups in total. The number of aromatic nitrogens is 1. The van der Waals surface area contributed by atoms with Crippen LogP contribution >= 0.6 is 11.6 Å². The molecule has 4 aliphatic rings. The molecule has 3 aliphatic carbocycles. The van der Waals surface area contributed by atoms with Gasteiger partial charge in [-0.1, -0.05) is 35.4 Å². The summed E-state index contributed by atoms with van der Waals surface area (Å²) < 4.78 is 5.88. The average Bonchev–Trinajstić information content (AvgIpc) is 3.58. The van der Waals surface area contributed by atoms with Crippen LogP contribution in [0.5, 0.6) is 5.75 Å². The Morgan fingerprint density at radius 1 is 0.956 bits per heavy atom. The van der Waals surface area contributed by atoms with Gasteiger partial charge in [-0.25, -0.2) is 4.98 Å². The Morgan fingerprint density at radius 3 is 2.51 bits per heavy atom. The van der Waals surface area contributed by atoms with E-state index in [0.717, 1.165) is 11.1 Å². The van der Waals surface area contributed by atoms with Crippen molar-refractivity contribution in [2.75, 3.05) is 4.90 Å². The number of hydrogen-bond donors (Lipinski definition) is 1. The van der Waals surface area contributed by atoms with E-state index in [1.54, 1.807) is 43.3 Å². The van der Waals surface area contributed by atoms with Crippen molar-refractivity contribution in [1.82, 2.24) is 4.98 Å². The highest BCUT2D eigenvalue weighted by Gasteiger charge is 2.56. The number of fused-ring (bicyclic) bond motifs is 4. The molecule has 3 aromatic carbocycles. The highest BCUT2D eigenvalue weighted by atomic mass is 35.5. The number of halogens is 1. The Kier molecular flexibility index (Phi) is 6.09. The van der Waals surface area contributed by atoms with Gasteiger partial charge in [0.05, 0.1) is 17.5 Å². The first-order valence-corrected chi connectivity index (χ1v) is 15.1. The molecule has 2 amide bonds. The van der Waals surface area contributed by atoms with Gasteiger partial charge < -0.3 is 9.52 Å². The van der Waals surface area contributed by atoms with Crippen LogP contribution in [0, 0.1) is 17.8 Å². The second-order valence-corrected chi connectivity index (χ2v) is 12.4. The predicted molar refractivity (Wildman–Crippen MR) is 166 cm³/mol. The molecule has 1 aromatic heterocycles. The molecule has 0 radical (unpaired) electrons. The minimum atomic E-state index is -0.772. The first kappa shape index (κ1) is 27.5. The lowest BCUT2D eigenvalue weighted by molar-refractivity contribution is -0.123. The molecular formula is C36H25ClN2O6. The van der Waals surface area contributed by atoms with Crippen LogP contribution in [0.2, 0.25) is 5.02 Å². The summed E-state index contributed by atoms with van der Waals surface area (Å²) in [5.41, 5.74) is 4.61. The fourth-order valence-corrected chi connectivity index (χ4v) is 7.66. The lowest BCUT2D eigenvalue weighted by Gasteiger charge is -2.42. The number of amides is 2. The number of rotatable bonds is 3. The summed E-state index contributed by atoms with van der Waals surface area (Å²) >= 11 is 6.34. The monoisotopic (exact) mass is 616 g/mol.